The van der Waals surface area contributed by atoms with Gasteiger partial charge in [-0.2, -0.15) is 0 Å². The average Bonchev–Trinajstić information content (AvgIpc) is 2.77. The molecule has 2 unspecified atom stereocenters. The van der Waals surface area contributed by atoms with Crippen LogP contribution in [0.25, 0.3) is 0 Å². The maximum absolute atomic E-state index is 6.18. The zero-order valence-electron chi connectivity index (χ0n) is 12.1. The maximum Gasteiger partial charge on any atom is 0.118 e. The number of hydrogen-bond donors (Lipinski definition) is 1. The van der Waals surface area contributed by atoms with Gasteiger partial charge in [-0.05, 0) is 50.7 Å². The smallest absolute Gasteiger partial charge is 0.118 e. The molecule has 2 aromatic rings. The highest BCUT2D eigenvalue weighted by atomic mass is 79.9. The van der Waals surface area contributed by atoms with Gasteiger partial charge in [-0.1, -0.05) is 28.1 Å². The zero-order valence-corrected chi connectivity index (χ0v) is 13.7. The summed E-state index contributed by atoms with van der Waals surface area (Å²) in [5.74, 6) is 1.90. The van der Waals surface area contributed by atoms with Crippen molar-refractivity contribution >= 4 is 15.9 Å². The Morgan fingerprint density at radius 1 is 1.20 bits per heavy atom. The lowest BCUT2D eigenvalue weighted by atomic mass is 9.99. The number of likely N-dealkylation sites (N-methyl/N-ethyl adjacent to an activating group) is 1. The van der Waals surface area contributed by atoms with Crippen molar-refractivity contribution in [3.63, 3.8) is 0 Å². The van der Waals surface area contributed by atoms with Gasteiger partial charge in [-0.25, -0.2) is 0 Å². The van der Waals surface area contributed by atoms with E-state index in [1.54, 1.807) is 0 Å². The van der Waals surface area contributed by atoms with Crippen molar-refractivity contribution in [1.29, 1.82) is 0 Å². The number of furan rings is 1. The molecule has 1 aromatic carbocycles. The summed E-state index contributed by atoms with van der Waals surface area (Å²) < 4.78 is 6.73. The molecule has 0 aliphatic heterocycles. The van der Waals surface area contributed by atoms with Gasteiger partial charge in [-0.3, -0.25) is 4.90 Å². The van der Waals surface area contributed by atoms with E-state index in [4.69, 9.17) is 10.2 Å². The van der Waals surface area contributed by atoms with Gasteiger partial charge < -0.3 is 10.2 Å². The Kier molecular flexibility index (Phi) is 5.02. The van der Waals surface area contributed by atoms with E-state index in [9.17, 15) is 0 Å². The monoisotopic (exact) mass is 336 g/mol. The van der Waals surface area contributed by atoms with Crippen LogP contribution in [0.4, 0.5) is 0 Å². The molecule has 0 aliphatic rings. The molecule has 1 aromatic heterocycles. The van der Waals surface area contributed by atoms with Gasteiger partial charge in [0.05, 0.1) is 6.54 Å². The Morgan fingerprint density at radius 2 is 1.85 bits per heavy atom. The lowest BCUT2D eigenvalue weighted by Gasteiger charge is -2.31. The van der Waals surface area contributed by atoms with Crippen LogP contribution in [-0.4, -0.2) is 18.0 Å². The SMILES string of the molecule is Cc1ccc(CN(C)C(c2ccc(Br)cc2)C(C)N)o1. The third-order valence-corrected chi connectivity index (χ3v) is 3.91. The Hall–Kier alpha value is -1.10. The third kappa shape index (κ3) is 3.72. The molecular weight excluding hydrogens is 316 g/mol. The van der Waals surface area contributed by atoms with Crippen LogP contribution in [0.3, 0.4) is 0 Å². The fourth-order valence-electron chi connectivity index (χ4n) is 2.53. The van der Waals surface area contributed by atoms with Crippen LogP contribution in [0.15, 0.2) is 45.3 Å². The van der Waals surface area contributed by atoms with Crippen molar-refractivity contribution in [1.82, 2.24) is 4.90 Å². The second-order valence-corrected chi connectivity index (χ2v) is 6.20. The number of nitrogens with two attached hydrogens (primary N) is 1. The summed E-state index contributed by atoms with van der Waals surface area (Å²) in [5, 5.41) is 0. The molecule has 0 bridgehead atoms. The Bertz CT molecular complexity index is 548. The minimum atomic E-state index is 0.0391. The number of nitrogens with zero attached hydrogens (tertiary/aromatic N) is 1. The molecule has 3 nitrogen and oxygen atoms in total. The standard InChI is InChI=1S/C16H21BrN2O/c1-11-4-9-15(20-11)10-19(3)16(12(2)18)13-5-7-14(17)8-6-13/h4-9,12,16H,10,18H2,1-3H3. The first-order chi connectivity index (χ1) is 9.47. The van der Waals surface area contributed by atoms with Crippen molar-refractivity contribution in [2.75, 3.05) is 7.05 Å². The van der Waals surface area contributed by atoms with Gasteiger partial charge >= 0.3 is 0 Å². The van der Waals surface area contributed by atoms with E-state index in [-0.39, 0.29) is 12.1 Å². The van der Waals surface area contributed by atoms with Crippen LogP contribution in [0.5, 0.6) is 0 Å². The average molecular weight is 337 g/mol. The molecule has 0 aliphatic carbocycles. The highest BCUT2D eigenvalue weighted by Crippen LogP contribution is 2.25. The highest BCUT2D eigenvalue weighted by molar-refractivity contribution is 9.10. The molecule has 2 atom stereocenters. The highest BCUT2D eigenvalue weighted by Gasteiger charge is 2.22. The predicted octanol–water partition coefficient (Wildman–Crippen LogP) is 3.87. The number of halogens is 1. The second kappa shape index (κ2) is 6.57. The topological polar surface area (TPSA) is 42.4 Å². The van der Waals surface area contributed by atoms with Gasteiger partial charge in [0.25, 0.3) is 0 Å². The summed E-state index contributed by atoms with van der Waals surface area (Å²) >= 11 is 3.47. The van der Waals surface area contributed by atoms with Crippen LogP contribution >= 0.6 is 15.9 Å². The minimum Gasteiger partial charge on any atom is -0.465 e. The van der Waals surface area contributed by atoms with Crippen molar-refractivity contribution in [2.45, 2.75) is 32.5 Å². The molecule has 0 amide bonds. The van der Waals surface area contributed by atoms with Crippen LogP contribution in [0, 0.1) is 6.92 Å². The van der Waals surface area contributed by atoms with Crippen LogP contribution < -0.4 is 5.73 Å². The quantitative estimate of drug-likeness (QED) is 0.901. The fourth-order valence-corrected chi connectivity index (χ4v) is 2.80. The van der Waals surface area contributed by atoms with E-state index in [1.807, 2.05) is 26.0 Å². The second-order valence-electron chi connectivity index (χ2n) is 5.28. The van der Waals surface area contributed by atoms with E-state index >= 15 is 0 Å². The lowest BCUT2D eigenvalue weighted by Crippen LogP contribution is -2.36. The number of hydrogen-bond acceptors (Lipinski definition) is 3. The molecule has 0 radical (unpaired) electrons. The molecule has 108 valence electrons. The predicted molar refractivity (Wildman–Crippen MR) is 85.4 cm³/mol. The van der Waals surface area contributed by atoms with Crippen molar-refractivity contribution in [3.8, 4) is 0 Å². The maximum atomic E-state index is 6.18. The van der Waals surface area contributed by atoms with Gasteiger partial charge in [0.2, 0.25) is 0 Å². The van der Waals surface area contributed by atoms with Gasteiger partial charge in [-0.15, -0.1) is 0 Å². The number of benzene rings is 1. The van der Waals surface area contributed by atoms with Crippen LogP contribution in [0.1, 0.15) is 30.0 Å². The van der Waals surface area contributed by atoms with Gasteiger partial charge in [0.15, 0.2) is 0 Å². The van der Waals surface area contributed by atoms with Gasteiger partial charge in [0.1, 0.15) is 11.5 Å². The molecule has 0 fully saturated rings. The Labute approximate surface area is 128 Å². The molecule has 20 heavy (non-hydrogen) atoms. The fraction of sp³-hybridized carbons (Fsp3) is 0.375. The Balaban J connectivity index is 2.17. The summed E-state index contributed by atoms with van der Waals surface area (Å²) in [6.45, 7) is 4.74. The summed E-state index contributed by atoms with van der Waals surface area (Å²) in [6, 6.07) is 12.5. The van der Waals surface area contributed by atoms with E-state index in [0.29, 0.717) is 0 Å². The molecule has 0 saturated carbocycles. The van der Waals surface area contributed by atoms with Crippen molar-refractivity contribution < 1.29 is 4.42 Å². The molecule has 2 rings (SSSR count). The molecule has 2 N–H and O–H groups in total. The Morgan fingerprint density at radius 3 is 2.35 bits per heavy atom. The first-order valence-corrected chi connectivity index (χ1v) is 7.53. The molecule has 0 saturated heterocycles. The van der Waals surface area contributed by atoms with E-state index < -0.39 is 0 Å². The third-order valence-electron chi connectivity index (χ3n) is 3.39. The summed E-state index contributed by atoms with van der Waals surface area (Å²) in [6.07, 6.45) is 0. The minimum absolute atomic E-state index is 0.0391. The number of aryl methyl sites for hydroxylation is 1. The lowest BCUT2D eigenvalue weighted by molar-refractivity contribution is 0.195. The summed E-state index contributed by atoms with van der Waals surface area (Å²) in [5.41, 5.74) is 7.40. The molecule has 0 spiro atoms. The molecule has 1 heterocycles. The summed E-state index contributed by atoms with van der Waals surface area (Å²) in [7, 11) is 2.08. The van der Waals surface area contributed by atoms with E-state index in [1.165, 1.54) is 5.56 Å². The van der Waals surface area contributed by atoms with Crippen LogP contribution in [-0.2, 0) is 6.54 Å². The first kappa shape index (κ1) is 15.3. The largest absolute Gasteiger partial charge is 0.465 e. The first-order valence-electron chi connectivity index (χ1n) is 6.74. The van der Waals surface area contributed by atoms with E-state index in [2.05, 4.69) is 52.1 Å². The van der Waals surface area contributed by atoms with Crippen molar-refractivity contribution in [2.24, 2.45) is 5.73 Å². The van der Waals surface area contributed by atoms with Crippen molar-refractivity contribution in [3.05, 3.63) is 58.0 Å². The molecular formula is C16H21BrN2O. The van der Waals surface area contributed by atoms with Crippen LogP contribution in [0.2, 0.25) is 0 Å². The summed E-state index contributed by atoms with van der Waals surface area (Å²) in [4.78, 5) is 2.23. The normalized spacial score (nSPS) is 14.5. The van der Waals surface area contributed by atoms with E-state index in [0.717, 1.165) is 22.5 Å². The number of rotatable bonds is 5. The van der Waals surface area contributed by atoms with Gasteiger partial charge in [0, 0.05) is 16.6 Å². The molecule has 4 heteroatoms. The zero-order chi connectivity index (χ0) is 14.7.